The van der Waals surface area contributed by atoms with Gasteiger partial charge in [-0.2, -0.15) is 8.42 Å². The Hall–Kier alpha value is -6.52. The molecule has 6 N–H and O–H groups in total. The number of rotatable bonds is 33. The molecule has 1 saturated heterocycles. The zero-order chi connectivity index (χ0) is 65.0. The van der Waals surface area contributed by atoms with E-state index in [-0.39, 0.29) is 82.4 Å². The zero-order valence-electron chi connectivity index (χ0n) is 53.3. The van der Waals surface area contributed by atoms with Gasteiger partial charge in [0.2, 0.25) is 29.5 Å². The van der Waals surface area contributed by atoms with Crippen LogP contribution in [-0.2, 0) is 58.9 Å². The molecule has 0 bridgehead atoms. The fraction of sp³-hybridized carbons (Fsp3) is 0.594. The first-order chi connectivity index (χ1) is 41.5. The molecule has 24 heteroatoms. The minimum absolute atomic E-state index is 0.0420. The Morgan fingerprint density at radius 3 is 1.82 bits per heavy atom. The van der Waals surface area contributed by atoms with E-state index in [2.05, 4.69) is 94.9 Å². The summed E-state index contributed by atoms with van der Waals surface area (Å²) < 4.78 is 61.5. The molecule has 2 aromatic rings. The molecule has 2 atom stereocenters. The molecule has 88 heavy (non-hydrogen) atoms. The van der Waals surface area contributed by atoms with Gasteiger partial charge in [-0.3, -0.25) is 42.7 Å². The van der Waals surface area contributed by atoms with Crippen LogP contribution in [0.1, 0.15) is 167 Å². The Bertz CT molecular complexity index is 3090. The number of carbonyl (C=O) groups excluding carboxylic acids is 6. The number of nitrogens with zero attached hydrogens (tertiary/aromatic N) is 4. The third kappa shape index (κ3) is 22.8. The predicted molar refractivity (Wildman–Crippen MR) is 341 cm³/mol. The van der Waals surface area contributed by atoms with E-state index in [0.717, 1.165) is 66.3 Å². The van der Waals surface area contributed by atoms with Crippen molar-refractivity contribution in [1.82, 2.24) is 31.1 Å². The molecule has 0 saturated carbocycles. The molecule has 1 fully saturated rings. The van der Waals surface area contributed by atoms with Crippen molar-refractivity contribution < 1.29 is 69.8 Å². The molecular formula is C64H96N8O14PS+. The van der Waals surface area contributed by atoms with Crippen molar-refractivity contribution in [3.05, 3.63) is 94.1 Å². The summed E-state index contributed by atoms with van der Waals surface area (Å²) in [5.41, 5.74) is 7.66. The van der Waals surface area contributed by atoms with Gasteiger partial charge in [-0.15, -0.1) is 0 Å². The van der Waals surface area contributed by atoms with Gasteiger partial charge in [0.1, 0.15) is 30.9 Å². The number of hydrogen-bond donors (Lipinski definition) is 6. The highest BCUT2D eigenvalue weighted by Crippen LogP contribution is 2.55. The van der Waals surface area contributed by atoms with Crippen molar-refractivity contribution in [2.24, 2.45) is 0 Å². The maximum absolute atomic E-state index is 14.6. The number of unbranched alkanes of at least 4 members (excludes halogenated alkanes) is 3. The maximum Gasteiger partial charge on any atom is 0.331 e. The van der Waals surface area contributed by atoms with E-state index in [1.807, 2.05) is 24.3 Å². The van der Waals surface area contributed by atoms with E-state index in [9.17, 15) is 51.1 Å². The summed E-state index contributed by atoms with van der Waals surface area (Å²) in [6.07, 6.45) is 8.54. The standard InChI is InChI=1S/C64H95N8O14PS/c1-11-69(12-2)47-29-31-49-45(42-47)41-46-43-48(70(13-3)14-4)30-32-50(46)59(49)51-23-15-16-24-52(51)62(80)72-38-36-71(37-39-72)57(75)27-18-17-25-56(74)68-54(44-88(82,83)84)61(79)66-34-21-19-26-55(73)67-53(60(78)65-35-22-20-28-58(76)77)33-40-87(81,85-63(5,6)7)86-64(8,9)10/h15-16,23-24,29-32,42-43,53-54H,11-14,17-22,25-28,33-41,44H2,1-10H3,(H5-,65,66,67,68,73,74,76,77,78,79,82,83,84)/p+1. The number of amides is 6. The Morgan fingerprint density at radius 2 is 1.25 bits per heavy atom. The first kappa shape index (κ1) is 72.2. The topological polar surface area (TPSA) is 290 Å². The van der Waals surface area contributed by atoms with Crippen molar-refractivity contribution >= 4 is 76.1 Å². The van der Waals surface area contributed by atoms with Crippen molar-refractivity contribution in [1.29, 1.82) is 0 Å². The van der Waals surface area contributed by atoms with E-state index in [0.29, 0.717) is 51.0 Å². The lowest BCUT2D eigenvalue weighted by atomic mass is 9.76. The number of piperazine rings is 1. The van der Waals surface area contributed by atoms with Crippen LogP contribution in [0.3, 0.4) is 0 Å². The lowest BCUT2D eigenvalue weighted by molar-refractivity contribution is -0.519. The van der Waals surface area contributed by atoms with Crippen molar-refractivity contribution in [3.8, 4) is 0 Å². The molecule has 2 aromatic carbocycles. The van der Waals surface area contributed by atoms with Crippen LogP contribution in [-0.4, -0.2) is 180 Å². The lowest BCUT2D eigenvalue weighted by Gasteiger charge is -2.35. The largest absolute Gasteiger partial charge is 0.481 e. The molecule has 0 radical (unpaired) electrons. The van der Waals surface area contributed by atoms with Gasteiger partial charge in [-0.1, -0.05) is 24.3 Å². The highest BCUT2D eigenvalue weighted by atomic mass is 32.2. The quantitative estimate of drug-likeness (QED) is 0.0175. The summed E-state index contributed by atoms with van der Waals surface area (Å²) in [5.74, 6) is -4.99. The van der Waals surface area contributed by atoms with E-state index in [4.69, 9.17) is 14.2 Å². The van der Waals surface area contributed by atoms with Crippen LogP contribution in [0.5, 0.6) is 0 Å². The number of nitrogens with one attached hydrogen (secondary N) is 4. The Balaban J connectivity index is 1.11. The summed E-state index contributed by atoms with van der Waals surface area (Å²) in [7, 11) is -8.54. The van der Waals surface area contributed by atoms with Gasteiger partial charge in [0.15, 0.2) is 5.71 Å². The number of hydrogen-bond acceptors (Lipinski definition) is 13. The number of allylic oxidation sites excluding steroid dienone is 5. The van der Waals surface area contributed by atoms with Crippen LogP contribution in [0.25, 0.3) is 5.57 Å². The normalized spacial score (nSPS) is 15.1. The molecule has 2 unspecified atom stereocenters. The average Bonchev–Trinajstić information content (AvgIpc) is 0.778. The molecule has 0 spiro atoms. The van der Waals surface area contributed by atoms with Crippen LogP contribution in [0.2, 0.25) is 0 Å². The monoisotopic (exact) mass is 1260 g/mol. The van der Waals surface area contributed by atoms with Gasteiger partial charge in [-0.25, -0.2) is 4.58 Å². The second-order valence-corrected chi connectivity index (χ2v) is 27.9. The van der Waals surface area contributed by atoms with Crippen LogP contribution < -0.4 is 26.2 Å². The number of benzene rings is 2. The summed E-state index contributed by atoms with van der Waals surface area (Å²) in [6.45, 7) is 23.8. The molecule has 1 heterocycles. The number of carbonyl (C=O) groups is 7. The molecule has 22 nitrogen and oxygen atoms in total. The zero-order valence-corrected chi connectivity index (χ0v) is 55.0. The van der Waals surface area contributed by atoms with Gasteiger partial charge < -0.3 is 50.1 Å². The molecular weight excluding hydrogens is 1170 g/mol. The first-order valence-electron chi connectivity index (χ1n) is 31.1. The molecule has 0 aromatic heterocycles. The summed E-state index contributed by atoms with van der Waals surface area (Å²) in [5, 5.41) is 19.3. The second kappa shape index (κ2) is 33.3. The minimum atomic E-state index is -4.73. The SMILES string of the molecule is CCN(CC)c1ccc2c(c1)CC1=CC(=[N+](CC)CC)C=CC1=C2c1ccccc1C(=O)N1CCN(C(=O)CCCCC(=O)NC(CS(=O)(=O)O)C(=O)NCCCCC(=O)NC(CCP(=O)(OC(C)(C)C)OC(C)(C)C)C(=O)NCCCCC(=O)O)CC1. The van der Waals surface area contributed by atoms with Gasteiger partial charge in [0, 0.05) is 101 Å². The predicted octanol–water partition coefficient (Wildman–Crippen LogP) is 7.45. The molecule has 486 valence electrons. The fourth-order valence-electron chi connectivity index (χ4n) is 11.0. The molecule has 1 aliphatic heterocycles. The molecule has 2 aliphatic carbocycles. The molecule has 6 amide bonds. The number of carboxylic acid groups (broad SMARTS) is 1. The van der Waals surface area contributed by atoms with Crippen molar-refractivity contribution in [3.63, 3.8) is 0 Å². The van der Waals surface area contributed by atoms with Crippen LogP contribution in [0.15, 0.2) is 71.8 Å². The van der Waals surface area contributed by atoms with Gasteiger partial charge in [0.05, 0.1) is 17.4 Å². The Morgan fingerprint density at radius 1 is 0.705 bits per heavy atom. The highest BCUT2D eigenvalue weighted by molar-refractivity contribution is 7.85. The fourth-order valence-corrected chi connectivity index (χ4v) is 14.1. The summed E-state index contributed by atoms with van der Waals surface area (Å²) in [4.78, 5) is 97.6. The van der Waals surface area contributed by atoms with E-state index in [1.165, 1.54) is 11.1 Å². The smallest absolute Gasteiger partial charge is 0.331 e. The number of fused-ring (bicyclic) bond motifs is 2. The summed E-state index contributed by atoms with van der Waals surface area (Å²) in [6, 6.07) is 11.6. The van der Waals surface area contributed by atoms with Gasteiger partial charge in [-0.05, 0) is 178 Å². The third-order valence-corrected chi connectivity index (χ3v) is 18.4. The molecule has 5 rings (SSSR count). The van der Waals surface area contributed by atoms with Crippen molar-refractivity contribution in [2.75, 3.05) is 82.3 Å². The van der Waals surface area contributed by atoms with E-state index in [1.54, 1.807) is 51.3 Å². The van der Waals surface area contributed by atoms with Gasteiger partial charge in [0.25, 0.3) is 16.0 Å². The van der Waals surface area contributed by atoms with Crippen LogP contribution >= 0.6 is 7.60 Å². The molecule has 3 aliphatic rings. The summed E-state index contributed by atoms with van der Waals surface area (Å²) >= 11 is 0. The second-order valence-electron chi connectivity index (χ2n) is 24.4. The maximum atomic E-state index is 14.6. The van der Waals surface area contributed by atoms with E-state index < -0.39 is 76.4 Å². The lowest BCUT2D eigenvalue weighted by Crippen LogP contribution is -2.50. The van der Waals surface area contributed by atoms with Gasteiger partial charge >= 0.3 is 13.6 Å². The Labute approximate surface area is 520 Å². The number of anilines is 1. The average molecular weight is 1260 g/mol. The first-order valence-corrected chi connectivity index (χ1v) is 34.4. The number of aliphatic carboxylic acids is 1. The Kier molecular flexibility index (Phi) is 27.4. The van der Waals surface area contributed by atoms with Crippen LogP contribution in [0.4, 0.5) is 5.69 Å². The minimum Gasteiger partial charge on any atom is -0.481 e. The van der Waals surface area contributed by atoms with Crippen LogP contribution in [0, 0.1) is 0 Å². The van der Waals surface area contributed by atoms with E-state index >= 15 is 0 Å². The number of carboxylic acids is 1. The third-order valence-electron chi connectivity index (χ3n) is 15.2. The highest BCUT2D eigenvalue weighted by Gasteiger charge is 2.38. The van der Waals surface area contributed by atoms with Crippen molar-refractivity contribution in [2.45, 2.75) is 170 Å².